The highest BCUT2D eigenvalue weighted by atomic mass is 32.1. The van der Waals surface area contributed by atoms with Crippen molar-refractivity contribution >= 4 is 23.2 Å². The molecule has 0 atom stereocenters. The number of nitrogens with zero attached hydrogens (tertiary/aromatic N) is 2. The Bertz CT molecular complexity index is 915. The van der Waals surface area contributed by atoms with Gasteiger partial charge in [-0.25, -0.2) is 4.98 Å². The number of ether oxygens (including phenoxy) is 1. The lowest BCUT2D eigenvalue weighted by Gasteiger charge is -2.06. The fourth-order valence-corrected chi connectivity index (χ4v) is 2.89. The average Bonchev–Trinajstić information content (AvgIpc) is 3.28. The topological polar surface area (TPSA) is 85.2 Å². The summed E-state index contributed by atoms with van der Waals surface area (Å²) in [6.07, 6.45) is 1.75. The van der Waals surface area contributed by atoms with Gasteiger partial charge in [0, 0.05) is 18.6 Å². The van der Waals surface area contributed by atoms with E-state index in [-0.39, 0.29) is 12.3 Å². The molecule has 1 aromatic carbocycles. The van der Waals surface area contributed by atoms with Gasteiger partial charge < -0.3 is 9.30 Å². The Balaban J connectivity index is 1.52. The number of benzene rings is 1. The number of rotatable bonds is 5. The molecule has 2 amide bonds. The summed E-state index contributed by atoms with van der Waals surface area (Å²) in [4.78, 5) is 28.3. The number of amides is 2. The summed E-state index contributed by atoms with van der Waals surface area (Å²) in [5, 5.41) is 2.29. The van der Waals surface area contributed by atoms with Gasteiger partial charge in [0.05, 0.1) is 0 Å². The van der Waals surface area contributed by atoms with Gasteiger partial charge >= 0.3 is 0 Å². The van der Waals surface area contributed by atoms with Gasteiger partial charge in [-0.1, -0.05) is 17.7 Å². The van der Waals surface area contributed by atoms with Gasteiger partial charge in [0.2, 0.25) is 0 Å². The fourth-order valence-electron chi connectivity index (χ4n) is 2.20. The highest BCUT2D eigenvalue weighted by Gasteiger charge is 2.14. The van der Waals surface area contributed by atoms with Crippen molar-refractivity contribution in [2.45, 2.75) is 13.5 Å². The van der Waals surface area contributed by atoms with Crippen LogP contribution in [0.3, 0.4) is 0 Å². The first-order chi connectivity index (χ1) is 12.5. The molecule has 0 spiro atoms. The van der Waals surface area contributed by atoms with Crippen LogP contribution in [0.5, 0.6) is 5.75 Å². The molecule has 0 aliphatic carbocycles. The Kier molecular flexibility index (Phi) is 5.33. The largest absolute Gasteiger partial charge is 0.486 e. The van der Waals surface area contributed by atoms with E-state index in [1.807, 2.05) is 31.2 Å². The lowest BCUT2D eigenvalue weighted by Crippen LogP contribution is -2.42. The van der Waals surface area contributed by atoms with E-state index in [0.29, 0.717) is 10.7 Å². The molecule has 0 aliphatic rings. The maximum atomic E-state index is 12.1. The van der Waals surface area contributed by atoms with Gasteiger partial charge in [0.15, 0.2) is 0 Å². The number of thiazole rings is 1. The molecule has 3 aromatic rings. The maximum Gasteiger partial charge on any atom is 0.289 e. The number of carbonyl (C=O) groups excluding carboxylic acids is 2. The normalized spacial score (nSPS) is 10.4. The number of hydrogen-bond donors (Lipinski definition) is 2. The van der Waals surface area contributed by atoms with E-state index in [1.165, 1.54) is 11.3 Å². The van der Waals surface area contributed by atoms with E-state index in [1.54, 1.807) is 35.3 Å². The van der Waals surface area contributed by atoms with Crippen molar-refractivity contribution in [2.75, 3.05) is 0 Å². The molecule has 2 N–H and O–H groups in total. The van der Waals surface area contributed by atoms with E-state index in [2.05, 4.69) is 15.8 Å². The summed E-state index contributed by atoms with van der Waals surface area (Å²) >= 11 is 1.32. The fraction of sp³-hybridized carbons (Fsp3) is 0.167. The van der Waals surface area contributed by atoms with E-state index < -0.39 is 11.8 Å². The number of aromatic nitrogens is 2. The molecule has 0 radical (unpaired) electrons. The molecule has 7 nitrogen and oxygen atoms in total. The second kappa shape index (κ2) is 7.83. The van der Waals surface area contributed by atoms with Gasteiger partial charge in [-0.15, -0.1) is 11.3 Å². The van der Waals surface area contributed by atoms with Crippen molar-refractivity contribution < 1.29 is 14.3 Å². The van der Waals surface area contributed by atoms with Crippen molar-refractivity contribution in [2.24, 2.45) is 7.05 Å². The third kappa shape index (κ3) is 4.28. The second-order valence-electron chi connectivity index (χ2n) is 5.64. The number of hydrazine groups is 1. The van der Waals surface area contributed by atoms with Crippen LogP contribution in [0.2, 0.25) is 0 Å². The van der Waals surface area contributed by atoms with E-state index in [0.717, 1.165) is 11.3 Å². The van der Waals surface area contributed by atoms with E-state index in [9.17, 15) is 9.59 Å². The molecular weight excluding hydrogens is 352 g/mol. The Morgan fingerprint density at radius 3 is 2.58 bits per heavy atom. The smallest absolute Gasteiger partial charge is 0.289 e. The summed E-state index contributed by atoms with van der Waals surface area (Å²) in [5.74, 6) is -0.138. The summed E-state index contributed by atoms with van der Waals surface area (Å²) in [6, 6.07) is 11.1. The van der Waals surface area contributed by atoms with Crippen molar-refractivity contribution in [3.05, 3.63) is 69.9 Å². The Morgan fingerprint density at radius 1 is 1.15 bits per heavy atom. The molecule has 3 rings (SSSR count). The first kappa shape index (κ1) is 17.7. The zero-order valence-electron chi connectivity index (χ0n) is 14.4. The summed E-state index contributed by atoms with van der Waals surface area (Å²) in [7, 11) is 1.75. The number of hydrogen-bond acceptors (Lipinski definition) is 5. The molecule has 0 saturated carbocycles. The van der Waals surface area contributed by atoms with Crippen LogP contribution in [0, 0.1) is 6.92 Å². The van der Waals surface area contributed by atoms with Gasteiger partial charge in [-0.3, -0.25) is 20.4 Å². The first-order valence-corrected chi connectivity index (χ1v) is 8.77. The standard InChI is InChI=1S/C18H18N4O3S/c1-12-5-7-13(8-6-12)25-10-16-19-14(11-26-16)17(23)20-21-18(24)15-4-3-9-22(15)2/h3-9,11H,10H2,1-2H3,(H,20,23)(H,21,24). The third-order valence-electron chi connectivity index (χ3n) is 3.63. The third-order valence-corrected chi connectivity index (χ3v) is 4.46. The minimum atomic E-state index is -0.481. The van der Waals surface area contributed by atoms with Crippen LogP contribution in [0.4, 0.5) is 0 Å². The zero-order valence-corrected chi connectivity index (χ0v) is 15.2. The minimum absolute atomic E-state index is 0.227. The molecule has 0 saturated heterocycles. The van der Waals surface area contributed by atoms with Gasteiger partial charge in [0.1, 0.15) is 28.8 Å². The van der Waals surface area contributed by atoms with Crippen molar-refractivity contribution in [1.29, 1.82) is 0 Å². The highest BCUT2D eigenvalue weighted by molar-refractivity contribution is 7.09. The van der Waals surface area contributed by atoms with Crippen LogP contribution in [-0.4, -0.2) is 21.4 Å². The summed E-state index contributed by atoms with van der Waals surface area (Å²) < 4.78 is 7.30. The zero-order chi connectivity index (χ0) is 18.5. The van der Waals surface area contributed by atoms with Crippen LogP contribution in [-0.2, 0) is 13.7 Å². The maximum absolute atomic E-state index is 12.1. The molecule has 0 bridgehead atoms. The molecular formula is C18H18N4O3S. The molecule has 0 aliphatic heterocycles. The summed E-state index contributed by atoms with van der Waals surface area (Å²) in [6.45, 7) is 2.28. The molecule has 134 valence electrons. The quantitative estimate of drug-likeness (QED) is 0.676. The Morgan fingerprint density at radius 2 is 1.88 bits per heavy atom. The van der Waals surface area contributed by atoms with Gasteiger partial charge in [0.25, 0.3) is 11.8 Å². The molecule has 0 fully saturated rings. The van der Waals surface area contributed by atoms with Crippen LogP contribution in [0.25, 0.3) is 0 Å². The first-order valence-electron chi connectivity index (χ1n) is 7.89. The summed E-state index contributed by atoms with van der Waals surface area (Å²) in [5.41, 5.74) is 6.55. The van der Waals surface area contributed by atoms with Crippen LogP contribution in [0.1, 0.15) is 31.5 Å². The lowest BCUT2D eigenvalue weighted by atomic mass is 10.2. The molecule has 26 heavy (non-hydrogen) atoms. The minimum Gasteiger partial charge on any atom is -0.486 e. The number of carbonyl (C=O) groups is 2. The van der Waals surface area contributed by atoms with E-state index in [4.69, 9.17) is 4.74 Å². The lowest BCUT2D eigenvalue weighted by molar-refractivity contribution is 0.0839. The SMILES string of the molecule is Cc1ccc(OCc2nc(C(=O)NNC(=O)c3cccn3C)cs2)cc1. The molecule has 0 unspecified atom stereocenters. The monoisotopic (exact) mass is 370 g/mol. The average molecular weight is 370 g/mol. The Hall–Kier alpha value is -3.13. The van der Waals surface area contributed by atoms with Gasteiger partial charge in [-0.05, 0) is 31.2 Å². The predicted molar refractivity (Wildman–Crippen MR) is 98.0 cm³/mol. The van der Waals surface area contributed by atoms with Crippen molar-refractivity contribution in [3.8, 4) is 5.75 Å². The molecule has 2 heterocycles. The highest BCUT2D eigenvalue weighted by Crippen LogP contribution is 2.16. The second-order valence-corrected chi connectivity index (χ2v) is 6.58. The number of aryl methyl sites for hydroxylation is 2. The van der Waals surface area contributed by atoms with Crippen LogP contribution >= 0.6 is 11.3 Å². The van der Waals surface area contributed by atoms with Gasteiger partial charge in [-0.2, -0.15) is 0 Å². The van der Waals surface area contributed by atoms with Crippen molar-refractivity contribution in [1.82, 2.24) is 20.4 Å². The predicted octanol–water partition coefficient (Wildman–Crippen LogP) is 2.44. The number of nitrogens with one attached hydrogen (secondary N) is 2. The Labute approximate surface area is 154 Å². The van der Waals surface area contributed by atoms with Crippen molar-refractivity contribution in [3.63, 3.8) is 0 Å². The van der Waals surface area contributed by atoms with Crippen LogP contribution in [0.15, 0.2) is 48.0 Å². The molecule has 8 heteroatoms. The van der Waals surface area contributed by atoms with Crippen LogP contribution < -0.4 is 15.6 Å². The van der Waals surface area contributed by atoms with E-state index >= 15 is 0 Å². The molecule has 2 aromatic heterocycles.